The highest BCUT2D eigenvalue weighted by atomic mass is 16.4. The molecule has 2 nitrogen and oxygen atoms in total. The van der Waals surface area contributed by atoms with E-state index in [-0.39, 0.29) is 0 Å². The van der Waals surface area contributed by atoms with E-state index in [0.29, 0.717) is 0 Å². The van der Waals surface area contributed by atoms with E-state index in [0.717, 1.165) is 12.8 Å². The third-order valence-electron chi connectivity index (χ3n) is 0.726. The summed E-state index contributed by atoms with van der Waals surface area (Å²) in [5, 5.41) is 10.7. The molecular weight excluding hydrogens is 102 g/mol. The van der Waals surface area contributed by atoms with Crippen LogP contribution in [0.3, 0.4) is 0 Å². The zero-order chi connectivity index (χ0) is 6.24. The lowest BCUT2D eigenvalue weighted by atomic mass is 10.3. The zero-order valence-electron chi connectivity index (χ0n) is 5.04. The Bertz CT molecular complexity index is 86.5. The molecule has 0 heterocycles. The minimum Gasteiger partial charge on any atom is -0.411 e. The fourth-order valence-corrected chi connectivity index (χ4v) is 0.371. The van der Waals surface area contributed by atoms with Gasteiger partial charge in [-0.15, -0.1) is 5.16 Å². The molecule has 0 aliphatic heterocycles. The minimum atomic E-state index is 0.727. The van der Waals surface area contributed by atoms with Gasteiger partial charge in [0.2, 0.25) is 0 Å². The van der Waals surface area contributed by atoms with E-state index in [2.05, 4.69) is 12.1 Å². The highest BCUT2D eigenvalue weighted by Gasteiger charge is 1.67. The molecule has 0 atom stereocenters. The summed E-state index contributed by atoms with van der Waals surface area (Å²) in [7, 11) is 0. The van der Waals surface area contributed by atoms with E-state index < -0.39 is 0 Å². The van der Waals surface area contributed by atoms with Crippen LogP contribution in [0.15, 0.2) is 17.3 Å². The maximum Gasteiger partial charge on any atom is 0.0473 e. The molecule has 0 spiro atoms. The van der Waals surface area contributed by atoms with Crippen molar-refractivity contribution >= 4 is 6.21 Å². The molecule has 0 saturated carbocycles. The second-order valence-corrected chi connectivity index (χ2v) is 1.41. The molecule has 0 unspecified atom stereocenters. The van der Waals surface area contributed by atoms with Gasteiger partial charge in [-0.05, 0) is 6.42 Å². The Hall–Kier alpha value is -0.790. The van der Waals surface area contributed by atoms with Crippen molar-refractivity contribution in [2.75, 3.05) is 0 Å². The van der Waals surface area contributed by atoms with Crippen LogP contribution in [0.4, 0.5) is 0 Å². The van der Waals surface area contributed by atoms with Gasteiger partial charge in [-0.3, -0.25) is 0 Å². The summed E-state index contributed by atoms with van der Waals surface area (Å²) in [5.74, 6) is 0. The fourth-order valence-electron chi connectivity index (χ4n) is 0.371. The lowest BCUT2D eigenvalue weighted by Gasteiger charge is -1.76. The third kappa shape index (κ3) is 5.21. The first-order valence-electron chi connectivity index (χ1n) is 2.72. The minimum absolute atomic E-state index is 0.727. The zero-order valence-corrected chi connectivity index (χ0v) is 5.04. The molecule has 0 aromatic rings. The Morgan fingerprint density at radius 3 is 2.75 bits per heavy atom. The topological polar surface area (TPSA) is 32.6 Å². The Labute approximate surface area is 49.5 Å². The molecule has 0 amide bonds. The Kier molecular flexibility index (Phi) is 5.60. The molecule has 8 heavy (non-hydrogen) atoms. The van der Waals surface area contributed by atoms with Crippen LogP contribution in [0.2, 0.25) is 0 Å². The lowest BCUT2D eigenvalue weighted by molar-refractivity contribution is 0.321. The summed E-state index contributed by atoms with van der Waals surface area (Å²) in [5.41, 5.74) is 0. The molecule has 46 valence electrons. The first-order valence-corrected chi connectivity index (χ1v) is 2.72. The van der Waals surface area contributed by atoms with Gasteiger partial charge < -0.3 is 5.21 Å². The monoisotopic (exact) mass is 113 g/mol. The van der Waals surface area contributed by atoms with Crippen molar-refractivity contribution in [1.82, 2.24) is 0 Å². The second kappa shape index (κ2) is 6.21. The van der Waals surface area contributed by atoms with Crippen LogP contribution in [-0.2, 0) is 0 Å². The van der Waals surface area contributed by atoms with E-state index in [1.165, 1.54) is 6.21 Å². The van der Waals surface area contributed by atoms with Crippen LogP contribution in [0.25, 0.3) is 0 Å². The summed E-state index contributed by atoms with van der Waals surface area (Å²) in [6, 6.07) is 0. The highest BCUT2D eigenvalue weighted by Crippen LogP contribution is 1.81. The second-order valence-electron chi connectivity index (χ2n) is 1.41. The highest BCUT2D eigenvalue weighted by molar-refractivity contribution is 5.58. The van der Waals surface area contributed by atoms with Crippen LogP contribution in [0.5, 0.6) is 0 Å². The average Bonchev–Trinajstić information content (AvgIpc) is 1.81. The summed E-state index contributed by atoms with van der Waals surface area (Å²) < 4.78 is 0. The van der Waals surface area contributed by atoms with Crippen molar-refractivity contribution in [3.8, 4) is 0 Å². The molecule has 0 radical (unpaired) electrons. The van der Waals surface area contributed by atoms with E-state index in [4.69, 9.17) is 5.21 Å². The fraction of sp³-hybridized carbons (Fsp3) is 0.500. The molecule has 0 rings (SSSR count). The van der Waals surface area contributed by atoms with Gasteiger partial charge in [-0.1, -0.05) is 19.1 Å². The summed E-state index contributed by atoms with van der Waals surface area (Å²) in [6.07, 6.45) is 7.21. The SMILES string of the molecule is CCC=CCC=NO. The quantitative estimate of drug-likeness (QED) is 0.257. The van der Waals surface area contributed by atoms with Crippen LogP contribution in [0.1, 0.15) is 19.8 Å². The number of nitrogens with zero attached hydrogens (tertiary/aromatic N) is 1. The van der Waals surface area contributed by atoms with Crippen LogP contribution in [-0.4, -0.2) is 11.4 Å². The van der Waals surface area contributed by atoms with Crippen molar-refractivity contribution in [3.05, 3.63) is 12.2 Å². The van der Waals surface area contributed by atoms with Gasteiger partial charge in [0.05, 0.1) is 0 Å². The van der Waals surface area contributed by atoms with Crippen molar-refractivity contribution in [2.45, 2.75) is 19.8 Å². The average molecular weight is 113 g/mol. The van der Waals surface area contributed by atoms with Crippen molar-refractivity contribution in [3.63, 3.8) is 0 Å². The van der Waals surface area contributed by atoms with Gasteiger partial charge in [-0.2, -0.15) is 0 Å². The summed E-state index contributed by atoms with van der Waals surface area (Å²) in [6.45, 7) is 2.06. The van der Waals surface area contributed by atoms with E-state index in [1.54, 1.807) is 0 Å². The number of hydrogen-bond donors (Lipinski definition) is 1. The standard InChI is InChI=1S/C6H11NO/c1-2-3-4-5-6-7-8/h3-4,6,8H,2,5H2,1H3. The van der Waals surface area contributed by atoms with Gasteiger partial charge in [0.1, 0.15) is 0 Å². The molecule has 0 fully saturated rings. The molecule has 0 bridgehead atoms. The van der Waals surface area contributed by atoms with Gasteiger partial charge in [0.25, 0.3) is 0 Å². The number of rotatable bonds is 3. The molecule has 0 aromatic heterocycles. The molecular formula is C6H11NO. The molecule has 2 heteroatoms. The van der Waals surface area contributed by atoms with Crippen LogP contribution < -0.4 is 0 Å². The van der Waals surface area contributed by atoms with Gasteiger partial charge >= 0.3 is 0 Å². The first kappa shape index (κ1) is 7.21. The van der Waals surface area contributed by atoms with Crippen molar-refractivity contribution in [1.29, 1.82) is 0 Å². The number of oxime groups is 1. The van der Waals surface area contributed by atoms with Crippen molar-refractivity contribution < 1.29 is 5.21 Å². The predicted molar refractivity (Wildman–Crippen MR) is 34.3 cm³/mol. The molecule has 0 aliphatic carbocycles. The predicted octanol–water partition coefficient (Wildman–Crippen LogP) is 1.80. The first-order chi connectivity index (χ1) is 3.91. The lowest BCUT2D eigenvalue weighted by Crippen LogP contribution is -1.67. The Morgan fingerprint density at radius 1 is 1.50 bits per heavy atom. The smallest absolute Gasteiger partial charge is 0.0473 e. The normalized spacial score (nSPS) is 11.6. The van der Waals surface area contributed by atoms with Gasteiger partial charge in [0.15, 0.2) is 0 Å². The summed E-state index contributed by atoms with van der Waals surface area (Å²) >= 11 is 0. The van der Waals surface area contributed by atoms with E-state index in [1.807, 2.05) is 12.2 Å². The maximum atomic E-state index is 7.90. The van der Waals surface area contributed by atoms with Crippen LogP contribution in [0, 0.1) is 0 Å². The van der Waals surface area contributed by atoms with E-state index in [9.17, 15) is 0 Å². The molecule has 0 saturated heterocycles. The van der Waals surface area contributed by atoms with Crippen molar-refractivity contribution in [2.24, 2.45) is 5.16 Å². The third-order valence-corrected chi connectivity index (χ3v) is 0.726. The Morgan fingerprint density at radius 2 is 2.25 bits per heavy atom. The Balaban J connectivity index is 3.03. The van der Waals surface area contributed by atoms with Gasteiger partial charge in [0, 0.05) is 12.6 Å². The van der Waals surface area contributed by atoms with E-state index >= 15 is 0 Å². The molecule has 1 N–H and O–H groups in total. The maximum absolute atomic E-state index is 7.90. The largest absolute Gasteiger partial charge is 0.411 e. The summed E-state index contributed by atoms with van der Waals surface area (Å²) in [4.78, 5) is 0. The molecule has 0 aromatic carbocycles. The van der Waals surface area contributed by atoms with Gasteiger partial charge in [-0.25, -0.2) is 0 Å². The molecule has 0 aliphatic rings. The van der Waals surface area contributed by atoms with Crippen LogP contribution >= 0.6 is 0 Å². The number of hydrogen-bond acceptors (Lipinski definition) is 2. The number of allylic oxidation sites excluding steroid dienone is 2.